The molecule has 0 aromatic heterocycles. The largest absolute Gasteiger partial charge is 0.395 e. The summed E-state index contributed by atoms with van der Waals surface area (Å²) in [5, 5.41) is 12.5. The monoisotopic (exact) mass is 277 g/mol. The highest BCUT2D eigenvalue weighted by Crippen LogP contribution is 2.26. The molecule has 2 heterocycles. The van der Waals surface area contributed by atoms with Crippen molar-refractivity contribution in [2.75, 3.05) is 52.4 Å². The van der Waals surface area contributed by atoms with E-state index in [-0.39, 0.29) is 19.0 Å². The van der Waals surface area contributed by atoms with Gasteiger partial charge in [-0.05, 0) is 25.3 Å². The van der Waals surface area contributed by atoms with Gasteiger partial charge in [0.2, 0.25) is 0 Å². The van der Waals surface area contributed by atoms with Crippen molar-refractivity contribution in [3.63, 3.8) is 0 Å². The first-order valence-corrected chi connectivity index (χ1v) is 6.91. The van der Waals surface area contributed by atoms with Crippen molar-refractivity contribution >= 4 is 12.4 Å². The number of nitrogens with one attached hydrogen (secondary N) is 1. The van der Waals surface area contributed by atoms with E-state index in [4.69, 9.17) is 5.11 Å². The van der Waals surface area contributed by atoms with Crippen LogP contribution in [0.3, 0.4) is 0 Å². The molecule has 0 bridgehead atoms. The van der Waals surface area contributed by atoms with Crippen LogP contribution in [0.4, 0.5) is 0 Å². The van der Waals surface area contributed by atoms with Crippen molar-refractivity contribution < 1.29 is 5.11 Å². The zero-order valence-corrected chi connectivity index (χ0v) is 12.5. The Morgan fingerprint density at radius 2 is 2.17 bits per heavy atom. The second-order valence-electron chi connectivity index (χ2n) is 6.08. The van der Waals surface area contributed by atoms with E-state index in [2.05, 4.69) is 29.0 Å². The number of piperazine rings is 1. The molecule has 2 unspecified atom stereocenters. The molecule has 0 saturated carbocycles. The van der Waals surface area contributed by atoms with Gasteiger partial charge in [-0.15, -0.1) is 12.4 Å². The maximum atomic E-state index is 9.01. The standard InChI is InChI=1S/C13H27N3O.ClH/c1-12-9-15(5-6-16(12)7-8-17)11-13(2)3-4-14-10-13;/h12,14,17H,3-11H2,1-2H3;1H. The molecule has 0 spiro atoms. The quantitative estimate of drug-likeness (QED) is 0.781. The molecular weight excluding hydrogens is 250 g/mol. The van der Waals surface area contributed by atoms with E-state index in [9.17, 15) is 0 Å². The molecule has 4 nitrogen and oxygen atoms in total. The minimum Gasteiger partial charge on any atom is -0.395 e. The second kappa shape index (κ2) is 7.06. The normalized spacial score (nSPS) is 34.5. The van der Waals surface area contributed by atoms with Crippen LogP contribution < -0.4 is 5.32 Å². The van der Waals surface area contributed by atoms with Gasteiger partial charge in [0.1, 0.15) is 0 Å². The van der Waals surface area contributed by atoms with Crippen LogP contribution in [0, 0.1) is 5.41 Å². The van der Waals surface area contributed by atoms with Gasteiger partial charge in [0.25, 0.3) is 0 Å². The van der Waals surface area contributed by atoms with Gasteiger partial charge in [0.05, 0.1) is 6.61 Å². The second-order valence-corrected chi connectivity index (χ2v) is 6.08. The third-order valence-electron chi connectivity index (χ3n) is 4.30. The fraction of sp³-hybridized carbons (Fsp3) is 1.00. The minimum absolute atomic E-state index is 0. The number of aliphatic hydroxyl groups excluding tert-OH is 1. The molecule has 0 aliphatic carbocycles. The van der Waals surface area contributed by atoms with Crippen molar-refractivity contribution in [2.45, 2.75) is 26.3 Å². The van der Waals surface area contributed by atoms with Gasteiger partial charge >= 0.3 is 0 Å². The summed E-state index contributed by atoms with van der Waals surface area (Å²) in [4.78, 5) is 5.00. The van der Waals surface area contributed by atoms with Crippen LogP contribution in [0.2, 0.25) is 0 Å². The summed E-state index contributed by atoms with van der Waals surface area (Å²) in [5.41, 5.74) is 0.471. The predicted octanol–water partition coefficient (Wildman–Crippen LogP) is 0.406. The zero-order chi connectivity index (χ0) is 12.3. The Labute approximate surface area is 117 Å². The Morgan fingerprint density at radius 1 is 1.39 bits per heavy atom. The maximum absolute atomic E-state index is 9.01. The first-order chi connectivity index (χ1) is 8.13. The maximum Gasteiger partial charge on any atom is 0.0558 e. The average molecular weight is 278 g/mol. The first-order valence-electron chi connectivity index (χ1n) is 6.91. The van der Waals surface area contributed by atoms with E-state index in [1.807, 2.05) is 0 Å². The number of halogens is 1. The molecule has 18 heavy (non-hydrogen) atoms. The van der Waals surface area contributed by atoms with E-state index in [1.54, 1.807) is 0 Å². The molecular formula is C13H28ClN3O. The first kappa shape index (κ1) is 16.2. The lowest BCUT2D eigenvalue weighted by Gasteiger charge is -2.42. The van der Waals surface area contributed by atoms with Crippen LogP contribution in [0.15, 0.2) is 0 Å². The molecule has 2 fully saturated rings. The van der Waals surface area contributed by atoms with Crippen LogP contribution in [-0.4, -0.2) is 73.4 Å². The summed E-state index contributed by atoms with van der Waals surface area (Å²) >= 11 is 0. The molecule has 5 heteroatoms. The molecule has 108 valence electrons. The summed E-state index contributed by atoms with van der Waals surface area (Å²) in [7, 11) is 0. The molecule has 2 aliphatic rings. The Balaban J connectivity index is 0.00000162. The third kappa shape index (κ3) is 4.07. The highest BCUT2D eigenvalue weighted by atomic mass is 35.5. The highest BCUT2D eigenvalue weighted by Gasteiger charge is 2.33. The van der Waals surface area contributed by atoms with E-state index in [1.165, 1.54) is 19.5 Å². The molecule has 2 rings (SSSR count). The van der Waals surface area contributed by atoms with Crippen LogP contribution in [-0.2, 0) is 0 Å². The third-order valence-corrected chi connectivity index (χ3v) is 4.30. The van der Waals surface area contributed by atoms with Crippen LogP contribution in [0.5, 0.6) is 0 Å². The van der Waals surface area contributed by atoms with Crippen molar-refractivity contribution in [3.8, 4) is 0 Å². The lowest BCUT2D eigenvalue weighted by atomic mass is 9.89. The Bertz CT molecular complexity index is 246. The number of aliphatic hydroxyl groups is 1. The number of β-amino-alcohol motifs (C(OH)–C–C–N with tert-alkyl or cyclic N) is 1. The van der Waals surface area contributed by atoms with E-state index in [0.717, 1.165) is 32.7 Å². The summed E-state index contributed by atoms with van der Waals surface area (Å²) in [6, 6.07) is 0.578. The summed E-state index contributed by atoms with van der Waals surface area (Å²) < 4.78 is 0. The summed E-state index contributed by atoms with van der Waals surface area (Å²) in [6.45, 7) is 12.8. The van der Waals surface area contributed by atoms with Crippen molar-refractivity contribution in [1.82, 2.24) is 15.1 Å². The molecule has 0 radical (unpaired) electrons. The van der Waals surface area contributed by atoms with Gasteiger partial charge in [0.15, 0.2) is 0 Å². The molecule has 0 amide bonds. The lowest BCUT2D eigenvalue weighted by molar-refractivity contribution is 0.0487. The van der Waals surface area contributed by atoms with E-state index >= 15 is 0 Å². The van der Waals surface area contributed by atoms with Gasteiger partial charge < -0.3 is 10.4 Å². The summed E-state index contributed by atoms with van der Waals surface area (Å²) in [6.07, 6.45) is 1.30. The van der Waals surface area contributed by atoms with Crippen molar-refractivity contribution in [3.05, 3.63) is 0 Å². The van der Waals surface area contributed by atoms with Crippen molar-refractivity contribution in [1.29, 1.82) is 0 Å². The average Bonchev–Trinajstić information content (AvgIpc) is 2.69. The van der Waals surface area contributed by atoms with Crippen LogP contribution in [0.25, 0.3) is 0 Å². The molecule has 2 saturated heterocycles. The zero-order valence-electron chi connectivity index (χ0n) is 11.7. The number of nitrogens with zero attached hydrogens (tertiary/aromatic N) is 2. The van der Waals surface area contributed by atoms with Crippen LogP contribution in [0.1, 0.15) is 20.3 Å². The van der Waals surface area contributed by atoms with Gasteiger partial charge in [-0.25, -0.2) is 0 Å². The smallest absolute Gasteiger partial charge is 0.0558 e. The molecule has 0 aromatic carbocycles. The molecule has 2 atom stereocenters. The molecule has 2 aliphatic heterocycles. The van der Waals surface area contributed by atoms with Gasteiger partial charge in [-0.1, -0.05) is 6.92 Å². The fourth-order valence-corrected chi connectivity index (χ4v) is 3.22. The Morgan fingerprint density at radius 3 is 2.72 bits per heavy atom. The van der Waals surface area contributed by atoms with Crippen molar-refractivity contribution in [2.24, 2.45) is 5.41 Å². The highest BCUT2D eigenvalue weighted by molar-refractivity contribution is 5.85. The Hall–Kier alpha value is 0.130. The van der Waals surface area contributed by atoms with Gasteiger partial charge in [-0.2, -0.15) is 0 Å². The van der Waals surface area contributed by atoms with Gasteiger partial charge in [0, 0.05) is 45.3 Å². The number of hydrogen-bond donors (Lipinski definition) is 2. The molecule has 0 aromatic rings. The molecule has 2 N–H and O–H groups in total. The van der Waals surface area contributed by atoms with Crippen LogP contribution >= 0.6 is 12.4 Å². The number of rotatable bonds is 4. The Kier molecular flexibility index (Phi) is 6.35. The number of hydrogen-bond acceptors (Lipinski definition) is 4. The lowest BCUT2D eigenvalue weighted by Crippen LogP contribution is -2.54. The van der Waals surface area contributed by atoms with E-state index in [0.29, 0.717) is 11.5 Å². The van der Waals surface area contributed by atoms with E-state index < -0.39 is 0 Å². The fourth-order valence-electron chi connectivity index (χ4n) is 3.22. The predicted molar refractivity (Wildman–Crippen MR) is 77.4 cm³/mol. The topological polar surface area (TPSA) is 38.7 Å². The van der Waals surface area contributed by atoms with Gasteiger partial charge in [-0.3, -0.25) is 9.80 Å². The minimum atomic E-state index is 0. The summed E-state index contributed by atoms with van der Waals surface area (Å²) in [5.74, 6) is 0. The SMILES string of the molecule is CC1CN(CC2(C)CCNC2)CCN1CCO.Cl.